The van der Waals surface area contributed by atoms with Gasteiger partial charge < -0.3 is 14.2 Å². The molecule has 2 aromatic carbocycles. The first-order valence-electron chi connectivity index (χ1n) is 8.52. The molecule has 0 saturated heterocycles. The first-order valence-corrected chi connectivity index (χ1v) is 9.40. The molecule has 0 aliphatic heterocycles. The molecule has 2 aromatic heterocycles. The second-order valence-corrected chi connectivity index (χ2v) is 6.82. The van der Waals surface area contributed by atoms with E-state index in [1.54, 1.807) is 6.07 Å². The lowest BCUT2D eigenvalue weighted by Crippen LogP contribution is -2.01. The monoisotopic (exact) mass is 394 g/mol. The molecule has 0 amide bonds. The number of methoxy groups -OCH3 is 3. The van der Waals surface area contributed by atoms with E-state index >= 15 is 0 Å². The molecule has 0 atom stereocenters. The number of hydrogen-bond donors (Lipinski definition) is 0. The van der Waals surface area contributed by atoms with Crippen molar-refractivity contribution in [3.05, 3.63) is 53.5 Å². The molecule has 0 fully saturated rings. The fourth-order valence-electron chi connectivity index (χ4n) is 3.27. The highest BCUT2D eigenvalue weighted by atomic mass is 32.1. The van der Waals surface area contributed by atoms with Crippen LogP contribution >= 0.6 is 11.3 Å². The average molecular weight is 394 g/mol. The molecule has 0 radical (unpaired) electrons. The molecule has 6 nitrogen and oxygen atoms in total. The van der Waals surface area contributed by atoms with Crippen molar-refractivity contribution in [3.63, 3.8) is 0 Å². The fraction of sp³-hybridized carbons (Fsp3) is 0.143. The predicted octanol–water partition coefficient (Wildman–Crippen LogP) is 4.59. The Morgan fingerprint density at radius 1 is 1.04 bits per heavy atom. The van der Waals surface area contributed by atoms with Crippen LogP contribution in [0.4, 0.5) is 0 Å². The van der Waals surface area contributed by atoms with Crippen LogP contribution < -0.4 is 14.2 Å². The Bertz CT molecular complexity index is 1160. The molecular formula is C21H18N2O4S. The number of rotatable bonds is 6. The number of hydrogen-bond acceptors (Lipinski definition) is 6. The van der Waals surface area contributed by atoms with Crippen molar-refractivity contribution in [2.24, 2.45) is 0 Å². The van der Waals surface area contributed by atoms with Gasteiger partial charge in [-0.05, 0) is 18.2 Å². The summed E-state index contributed by atoms with van der Waals surface area (Å²) in [5.74, 6) is 1.27. The number of aromatic nitrogens is 2. The third kappa shape index (κ3) is 2.80. The van der Waals surface area contributed by atoms with Crippen LogP contribution in [-0.2, 0) is 0 Å². The number of carbonyl (C=O) groups excluding carboxylic acids is 1. The van der Waals surface area contributed by atoms with Crippen molar-refractivity contribution >= 4 is 28.5 Å². The van der Waals surface area contributed by atoms with E-state index in [-0.39, 0.29) is 0 Å². The van der Waals surface area contributed by atoms with Gasteiger partial charge in [0.05, 0.1) is 38.1 Å². The predicted molar refractivity (Wildman–Crippen MR) is 109 cm³/mol. The maximum atomic E-state index is 11.8. The Morgan fingerprint density at radius 3 is 2.54 bits per heavy atom. The van der Waals surface area contributed by atoms with Gasteiger partial charge in [-0.1, -0.05) is 18.2 Å². The van der Waals surface area contributed by atoms with Gasteiger partial charge in [-0.3, -0.25) is 9.36 Å². The van der Waals surface area contributed by atoms with E-state index in [2.05, 4.69) is 6.07 Å². The van der Waals surface area contributed by atoms with E-state index in [0.717, 1.165) is 22.3 Å². The number of aldehydes is 1. The van der Waals surface area contributed by atoms with Crippen molar-refractivity contribution < 1.29 is 19.0 Å². The Morgan fingerprint density at radius 2 is 1.82 bits per heavy atom. The fourth-order valence-corrected chi connectivity index (χ4v) is 4.08. The lowest BCUT2D eigenvalue weighted by atomic mass is 10.0. The van der Waals surface area contributed by atoms with E-state index in [4.69, 9.17) is 19.2 Å². The van der Waals surface area contributed by atoms with E-state index in [0.29, 0.717) is 34.1 Å². The zero-order valence-electron chi connectivity index (χ0n) is 15.6. The van der Waals surface area contributed by atoms with Crippen LogP contribution in [0, 0.1) is 0 Å². The van der Waals surface area contributed by atoms with Gasteiger partial charge in [0.2, 0.25) is 5.75 Å². The minimum Gasteiger partial charge on any atom is -0.493 e. The topological polar surface area (TPSA) is 62.6 Å². The summed E-state index contributed by atoms with van der Waals surface area (Å²) in [4.78, 5) is 16.5. The van der Waals surface area contributed by atoms with E-state index < -0.39 is 0 Å². The average Bonchev–Trinajstić information content (AvgIpc) is 3.38. The molecule has 2 heterocycles. The number of carbonyl (C=O) groups is 1. The Balaban J connectivity index is 1.90. The van der Waals surface area contributed by atoms with Crippen LogP contribution in [0.5, 0.6) is 17.2 Å². The van der Waals surface area contributed by atoms with Gasteiger partial charge in [-0.25, -0.2) is 4.98 Å². The molecule has 0 spiro atoms. The summed E-state index contributed by atoms with van der Waals surface area (Å²) in [7, 11) is 4.58. The number of para-hydroxylation sites is 1. The molecule has 0 saturated carbocycles. The minimum atomic E-state index is 0.415. The third-order valence-corrected chi connectivity index (χ3v) is 5.38. The summed E-state index contributed by atoms with van der Waals surface area (Å²) in [6.07, 6.45) is 2.75. The maximum Gasteiger partial charge on any atom is 0.204 e. The summed E-state index contributed by atoms with van der Waals surface area (Å²) in [5, 5.41) is 3.84. The van der Waals surface area contributed by atoms with Gasteiger partial charge in [-0.2, -0.15) is 0 Å². The van der Waals surface area contributed by atoms with Crippen molar-refractivity contribution in [1.82, 2.24) is 9.55 Å². The quantitative estimate of drug-likeness (QED) is 0.448. The number of benzene rings is 2. The lowest BCUT2D eigenvalue weighted by molar-refractivity contribution is 0.112. The first-order chi connectivity index (χ1) is 13.7. The molecule has 4 aromatic rings. The second-order valence-electron chi connectivity index (χ2n) is 5.99. The number of thiazole rings is 1. The molecule has 0 aliphatic rings. The molecule has 0 unspecified atom stereocenters. The summed E-state index contributed by atoms with van der Waals surface area (Å²) in [5.41, 5.74) is 2.70. The van der Waals surface area contributed by atoms with E-state index in [9.17, 15) is 4.79 Å². The number of ether oxygens (including phenoxy) is 3. The summed E-state index contributed by atoms with van der Waals surface area (Å²) < 4.78 is 18.4. The highest BCUT2D eigenvalue weighted by Crippen LogP contribution is 2.46. The van der Waals surface area contributed by atoms with Gasteiger partial charge in [0.25, 0.3) is 0 Å². The van der Waals surface area contributed by atoms with Crippen LogP contribution in [0.25, 0.3) is 27.3 Å². The normalized spacial score (nSPS) is 10.8. The molecule has 7 heteroatoms. The highest BCUT2D eigenvalue weighted by molar-refractivity contribution is 7.12. The van der Waals surface area contributed by atoms with Crippen LogP contribution in [0.15, 0.2) is 48.0 Å². The van der Waals surface area contributed by atoms with Gasteiger partial charge in [0, 0.05) is 22.5 Å². The third-order valence-electron chi connectivity index (χ3n) is 4.54. The summed E-state index contributed by atoms with van der Waals surface area (Å²) in [6.45, 7) is 0. The Hall–Kier alpha value is -3.32. The number of nitrogens with zero attached hydrogens (tertiary/aromatic N) is 2. The molecule has 142 valence electrons. The molecule has 0 N–H and O–H groups in total. The minimum absolute atomic E-state index is 0.415. The summed E-state index contributed by atoms with van der Waals surface area (Å²) >= 11 is 1.49. The van der Waals surface area contributed by atoms with Gasteiger partial charge in [0.1, 0.15) is 0 Å². The summed E-state index contributed by atoms with van der Waals surface area (Å²) in [6, 6.07) is 11.8. The van der Waals surface area contributed by atoms with Crippen molar-refractivity contribution in [2.75, 3.05) is 21.3 Å². The maximum absolute atomic E-state index is 11.8. The van der Waals surface area contributed by atoms with Crippen LogP contribution in [-0.4, -0.2) is 37.2 Å². The molecule has 4 rings (SSSR count). The standard InChI is InChI=1S/C21H18N2O4S/c1-25-17-10-14(11-24)18(20(27-3)19(17)26-2)15-12-28-21(22-15)23-9-8-13-6-4-5-7-16(13)23/h4-12H,1-3H3. The van der Waals surface area contributed by atoms with Crippen LogP contribution in [0.2, 0.25) is 0 Å². The second kappa shape index (κ2) is 7.36. The van der Waals surface area contributed by atoms with E-state index in [1.165, 1.54) is 32.7 Å². The lowest BCUT2D eigenvalue weighted by Gasteiger charge is -2.16. The smallest absolute Gasteiger partial charge is 0.204 e. The van der Waals surface area contributed by atoms with Crippen LogP contribution in [0.3, 0.4) is 0 Å². The SMILES string of the molecule is COc1cc(C=O)c(-c2csc(-n3ccc4ccccc43)n2)c(OC)c1OC. The number of fused-ring (bicyclic) bond motifs is 1. The van der Waals surface area contributed by atoms with Crippen molar-refractivity contribution in [2.45, 2.75) is 0 Å². The van der Waals surface area contributed by atoms with Gasteiger partial charge >= 0.3 is 0 Å². The first kappa shape index (κ1) is 18.1. The van der Waals surface area contributed by atoms with Crippen LogP contribution in [0.1, 0.15) is 10.4 Å². The Labute approximate surface area is 165 Å². The molecule has 28 heavy (non-hydrogen) atoms. The molecule has 0 aliphatic carbocycles. The van der Waals surface area contributed by atoms with Gasteiger partial charge in [0.15, 0.2) is 22.9 Å². The van der Waals surface area contributed by atoms with Gasteiger partial charge in [-0.15, -0.1) is 11.3 Å². The van der Waals surface area contributed by atoms with Crippen molar-refractivity contribution in [3.8, 4) is 33.6 Å². The zero-order valence-corrected chi connectivity index (χ0v) is 16.4. The van der Waals surface area contributed by atoms with E-state index in [1.807, 2.05) is 40.4 Å². The highest BCUT2D eigenvalue weighted by Gasteiger charge is 2.23. The molecular weight excluding hydrogens is 376 g/mol. The largest absolute Gasteiger partial charge is 0.493 e. The molecule has 0 bridgehead atoms. The van der Waals surface area contributed by atoms with Crippen molar-refractivity contribution in [1.29, 1.82) is 0 Å². The zero-order chi connectivity index (χ0) is 19.7. The Kier molecular flexibility index (Phi) is 4.75.